The molecule has 0 saturated carbocycles. The van der Waals surface area contributed by atoms with Gasteiger partial charge in [-0.1, -0.05) is 20.3 Å². The smallest absolute Gasteiger partial charge is 0.0589 e. The predicted molar refractivity (Wildman–Crippen MR) is 77.9 cm³/mol. The van der Waals surface area contributed by atoms with Crippen molar-refractivity contribution in [1.29, 1.82) is 0 Å². The third-order valence-electron chi connectivity index (χ3n) is 3.40. The van der Waals surface area contributed by atoms with E-state index in [9.17, 15) is 0 Å². The SMILES string of the molecule is CCCC1CC(NC(C)CCSCC)CCO1. The Kier molecular flexibility index (Phi) is 8.33. The Balaban J connectivity index is 2.16. The summed E-state index contributed by atoms with van der Waals surface area (Å²) < 4.78 is 5.78. The van der Waals surface area contributed by atoms with E-state index in [4.69, 9.17) is 4.74 Å². The van der Waals surface area contributed by atoms with Crippen molar-refractivity contribution in [2.75, 3.05) is 18.1 Å². The van der Waals surface area contributed by atoms with E-state index in [0.717, 1.165) is 6.61 Å². The molecule has 3 atom stereocenters. The van der Waals surface area contributed by atoms with E-state index in [1.807, 2.05) is 11.8 Å². The Morgan fingerprint density at radius 3 is 2.94 bits per heavy atom. The monoisotopic (exact) mass is 259 g/mol. The second kappa shape index (κ2) is 9.23. The van der Waals surface area contributed by atoms with Crippen molar-refractivity contribution in [3.8, 4) is 0 Å². The van der Waals surface area contributed by atoms with Gasteiger partial charge in [0.1, 0.15) is 0 Å². The van der Waals surface area contributed by atoms with Gasteiger partial charge in [-0.2, -0.15) is 11.8 Å². The Hall–Kier alpha value is 0.270. The molecular weight excluding hydrogens is 230 g/mol. The minimum atomic E-state index is 0.503. The quantitative estimate of drug-likeness (QED) is 0.675. The van der Waals surface area contributed by atoms with Gasteiger partial charge in [0.25, 0.3) is 0 Å². The lowest BCUT2D eigenvalue weighted by atomic mass is 9.99. The van der Waals surface area contributed by atoms with Crippen molar-refractivity contribution in [1.82, 2.24) is 5.32 Å². The second-order valence-corrected chi connectivity index (χ2v) is 6.45. The van der Waals surface area contributed by atoms with Gasteiger partial charge in [0.15, 0.2) is 0 Å². The summed E-state index contributed by atoms with van der Waals surface area (Å²) in [6.45, 7) is 7.74. The van der Waals surface area contributed by atoms with Gasteiger partial charge in [0.2, 0.25) is 0 Å². The molecule has 0 aromatic rings. The summed E-state index contributed by atoms with van der Waals surface area (Å²) in [5.41, 5.74) is 0. The number of rotatable bonds is 8. The Bertz CT molecular complexity index is 187. The summed E-state index contributed by atoms with van der Waals surface area (Å²) >= 11 is 2.04. The molecule has 0 amide bonds. The molecule has 0 aliphatic carbocycles. The summed E-state index contributed by atoms with van der Waals surface area (Å²) in [5, 5.41) is 3.77. The molecule has 1 N–H and O–H groups in total. The van der Waals surface area contributed by atoms with Crippen molar-refractivity contribution in [2.45, 2.75) is 71.1 Å². The average molecular weight is 259 g/mol. The predicted octanol–water partition coefficient (Wildman–Crippen LogP) is 3.46. The minimum Gasteiger partial charge on any atom is -0.378 e. The van der Waals surface area contributed by atoms with Crippen molar-refractivity contribution >= 4 is 11.8 Å². The Labute approximate surface area is 111 Å². The van der Waals surface area contributed by atoms with Crippen LogP contribution in [0.15, 0.2) is 0 Å². The van der Waals surface area contributed by atoms with Crippen LogP contribution in [-0.2, 0) is 4.74 Å². The first kappa shape index (κ1) is 15.3. The maximum atomic E-state index is 5.78. The molecule has 0 radical (unpaired) electrons. The highest BCUT2D eigenvalue weighted by Gasteiger charge is 2.22. The normalized spacial score (nSPS) is 27.0. The van der Waals surface area contributed by atoms with Gasteiger partial charge in [0.05, 0.1) is 6.10 Å². The van der Waals surface area contributed by atoms with Gasteiger partial charge >= 0.3 is 0 Å². The maximum Gasteiger partial charge on any atom is 0.0589 e. The van der Waals surface area contributed by atoms with Gasteiger partial charge in [-0.3, -0.25) is 0 Å². The highest BCUT2D eigenvalue weighted by Crippen LogP contribution is 2.18. The summed E-state index contributed by atoms with van der Waals surface area (Å²) in [5.74, 6) is 2.52. The molecule has 2 nitrogen and oxygen atoms in total. The molecule has 0 spiro atoms. The Morgan fingerprint density at radius 2 is 2.24 bits per heavy atom. The minimum absolute atomic E-state index is 0.503. The number of ether oxygens (including phenoxy) is 1. The third-order valence-corrected chi connectivity index (χ3v) is 4.33. The number of hydrogen-bond acceptors (Lipinski definition) is 3. The summed E-state index contributed by atoms with van der Waals surface area (Å²) in [6.07, 6.45) is 6.64. The van der Waals surface area contributed by atoms with Gasteiger partial charge in [0, 0.05) is 18.7 Å². The third kappa shape index (κ3) is 6.68. The second-order valence-electron chi connectivity index (χ2n) is 5.06. The first-order chi connectivity index (χ1) is 8.26. The fraction of sp³-hybridized carbons (Fsp3) is 1.00. The zero-order valence-corrected chi connectivity index (χ0v) is 12.5. The molecule has 1 saturated heterocycles. The highest BCUT2D eigenvalue weighted by atomic mass is 32.2. The van der Waals surface area contributed by atoms with E-state index < -0.39 is 0 Å². The molecule has 17 heavy (non-hydrogen) atoms. The lowest BCUT2D eigenvalue weighted by Crippen LogP contribution is -2.43. The average Bonchev–Trinajstić information content (AvgIpc) is 2.30. The van der Waals surface area contributed by atoms with Crippen LogP contribution in [0.2, 0.25) is 0 Å². The van der Waals surface area contributed by atoms with Crippen molar-refractivity contribution < 1.29 is 4.74 Å². The van der Waals surface area contributed by atoms with Crippen LogP contribution in [0.1, 0.15) is 52.9 Å². The fourth-order valence-corrected chi connectivity index (χ4v) is 3.25. The molecule has 1 heterocycles. The topological polar surface area (TPSA) is 21.3 Å². The van der Waals surface area contributed by atoms with Crippen LogP contribution in [0, 0.1) is 0 Å². The van der Waals surface area contributed by atoms with Crippen LogP contribution in [0.25, 0.3) is 0 Å². The largest absolute Gasteiger partial charge is 0.378 e. The van der Waals surface area contributed by atoms with Gasteiger partial charge < -0.3 is 10.1 Å². The van der Waals surface area contributed by atoms with E-state index in [0.29, 0.717) is 18.2 Å². The Morgan fingerprint density at radius 1 is 1.41 bits per heavy atom. The van der Waals surface area contributed by atoms with E-state index in [-0.39, 0.29) is 0 Å². The molecule has 1 aliphatic heterocycles. The molecule has 3 heteroatoms. The summed E-state index contributed by atoms with van der Waals surface area (Å²) in [6, 6.07) is 1.33. The molecular formula is C14H29NOS. The van der Waals surface area contributed by atoms with Crippen LogP contribution in [0.3, 0.4) is 0 Å². The lowest BCUT2D eigenvalue weighted by Gasteiger charge is -2.32. The van der Waals surface area contributed by atoms with E-state index in [1.54, 1.807) is 0 Å². The maximum absolute atomic E-state index is 5.78. The number of nitrogens with one attached hydrogen (secondary N) is 1. The zero-order chi connectivity index (χ0) is 12.5. The van der Waals surface area contributed by atoms with Crippen LogP contribution >= 0.6 is 11.8 Å². The summed E-state index contributed by atoms with van der Waals surface area (Å²) in [7, 11) is 0. The van der Waals surface area contributed by atoms with Crippen LogP contribution in [0.4, 0.5) is 0 Å². The molecule has 0 aromatic heterocycles. The standard InChI is InChI=1S/C14H29NOS/c1-4-6-14-11-13(7-9-16-14)15-12(3)8-10-17-5-2/h12-15H,4-11H2,1-3H3. The molecule has 3 unspecified atom stereocenters. The molecule has 102 valence electrons. The van der Waals surface area contributed by atoms with Gasteiger partial charge in [-0.05, 0) is 44.1 Å². The van der Waals surface area contributed by atoms with Crippen LogP contribution < -0.4 is 5.32 Å². The van der Waals surface area contributed by atoms with Crippen molar-refractivity contribution in [3.05, 3.63) is 0 Å². The van der Waals surface area contributed by atoms with Crippen LogP contribution in [0.5, 0.6) is 0 Å². The molecule has 1 aliphatic rings. The zero-order valence-electron chi connectivity index (χ0n) is 11.7. The van der Waals surface area contributed by atoms with Gasteiger partial charge in [-0.15, -0.1) is 0 Å². The lowest BCUT2D eigenvalue weighted by molar-refractivity contribution is -0.00470. The van der Waals surface area contributed by atoms with E-state index in [2.05, 4.69) is 26.1 Å². The summed E-state index contributed by atoms with van der Waals surface area (Å²) in [4.78, 5) is 0. The van der Waals surface area contributed by atoms with Crippen LogP contribution in [-0.4, -0.2) is 36.3 Å². The number of hydrogen-bond donors (Lipinski definition) is 1. The highest BCUT2D eigenvalue weighted by molar-refractivity contribution is 7.99. The molecule has 1 fully saturated rings. The number of thioether (sulfide) groups is 1. The molecule has 0 bridgehead atoms. The van der Waals surface area contributed by atoms with E-state index >= 15 is 0 Å². The molecule has 1 rings (SSSR count). The van der Waals surface area contributed by atoms with E-state index in [1.165, 1.54) is 43.6 Å². The first-order valence-electron chi connectivity index (χ1n) is 7.21. The molecule has 0 aromatic carbocycles. The van der Waals surface area contributed by atoms with Crippen molar-refractivity contribution in [2.24, 2.45) is 0 Å². The van der Waals surface area contributed by atoms with Crippen molar-refractivity contribution in [3.63, 3.8) is 0 Å². The van der Waals surface area contributed by atoms with Gasteiger partial charge in [-0.25, -0.2) is 0 Å². The fourth-order valence-electron chi connectivity index (χ4n) is 2.44. The first-order valence-corrected chi connectivity index (χ1v) is 8.37.